The van der Waals surface area contributed by atoms with Crippen LogP contribution in [0.5, 0.6) is 5.75 Å². The summed E-state index contributed by atoms with van der Waals surface area (Å²) < 4.78 is 5.75. The number of para-hydroxylation sites is 1. The molecule has 1 aliphatic heterocycles. The van der Waals surface area contributed by atoms with Gasteiger partial charge in [-0.2, -0.15) is 0 Å². The molecule has 104 valence electrons. The van der Waals surface area contributed by atoms with E-state index in [0.717, 1.165) is 30.2 Å². The maximum absolute atomic E-state index is 9.53. The lowest BCUT2D eigenvalue weighted by molar-refractivity contribution is 0.199. The molecule has 3 rings (SSSR count). The summed E-state index contributed by atoms with van der Waals surface area (Å²) in [5, 5.41) is 9.53. The van der Waals surface area contributed by atoms with Gasteiger partial charge >= 0.3 is 0 Å². The average molecular weight is 270 g/mol. The minimum absolute atomic E-state index is 0.482. The van der Waals surface area contributed by atoms with Crippen LogP contribution >= 0.6 is 0 Å². The quantitative estimate of drug-likeness (QED) is 0.911. The highest BCUT2D eigenvalue weighted by Gasteiger charge is 2.16. The van der Waals surface area contributed by atoms with Crippen molar-refractivity contribution in [2.75, 3.05) is 18.1 Å². The number of hydrogen-bond donors (Lipinski definition) is 1. The average Bonchev–Trinajstić information content (AvgIpc) is 2.69. The van der Waals surface area contributed by atoms with E-state index in [-0.39, 0.29) is 0 Å². The third-order valence-corrected chi connectivity index (χ3v) is 3.53. The second kappa shape index (κ2) is 5.51. The molecule has 0 bridgehead atoms. The van der Waals surface area contributed by atoms with Gasteiger partial charge in [0.2, 0.25) is 0 Å². The number of hydrogen-bond acceptors (Lipinski definition) is 4. The maximum Gasteiger partial charge on any atom is 0.128 e. The third kappa shape index (κ3) is 2.60. The van der Waals surface area contributed by atoms with Crippen molar-refractivity contribution < 1.29 is 9.84 Å². The summed E-state index contributed by atoms with van der Waals surface area (Å²) in [5.74, 6) is 1.87. The van der Waals surface area contributed by atoms with Gasteiger partial charge < -0.3 is 14.7 Å². The minimum atomic E-state index is -0.482. The molecule has 20 heavy (non-hydrogen) atoms. The molecule has 0 saturated heterocycles. The highest BCUT2D eigenvalue weighted by atomic mass is 16.5. The Morgan fingerprint density at radius 1 is 1.25 bits per heavy atom. The fraction of sp³-hybridized carbons (Fsp3) is 0.312. The lowest BCUT2D eigenvalue weighted by atomic mass is 10.1. The zero-order valence-corrected chi connectivity index (χ0v) is 11.5. The SMILES string of the molecule is C[C@H](O)c1ccc(N2CCOc3ccccc3C2)nc1. The number of nitrogens with zero attached hydrogens (tertiary/aromatic N) is 2. The van der Waals surface area contributed by atoms with Crippen LogP contribution in [0.1, 0.15) is 24.2 Å². The lowest BCUT2D eigenvalue weighted by Gasteiger charge is -2.21. The summed E-state index contributed by atoms with van der Waals surface area (Å²) in [6, 6.07) is 12.0. The zero-order chi connectivity index (χ0) is 13.9. The molecule has 4 nitrogen and oxygen atoms in total. The predicted octanol–water partition coefficient (Wildman–Crippen LogP) is 2.53. The molecule has 1 aliphatic rings. The molecule has 1 atom stereocenters. The first-order chi connectivity index (χ1) is 9.74. The van der Waals surface area contributed by atoms with E-state index in [1.807, 2.05) is 30.3 Å². The van der Waals surface area contributed by atoms with Crippen molar-refractivity contribution in [2.24, 2.45) is 0 Å². The molecule has 4 heteroatoms. The number of benzene rings is 1. The number of aliphatic hydroxyl groups is 1. The second-order valence-corrected chi connectivity index (χ2v) is 5.00. The van der Waals surface area contributed by atoms with Gasteiger partial charge in [-0.15, -0.1) is 0 Å². The molecule has 0 unspecified atom stereocenters. The Balaban J connectivity index is 1.84. The van der Waals surface area contributed by atoms with Gasteiger partial charge in [-0.05, 0) is 24.6 Å². The molecule has 0 radical (unpaired) electrons. The van der Waals surface area contributed by atoms with Crippen LogP contribution in [0, 0.1) is 0 Å². The molecule has 2 heterocycles. The van der Waals surface area contributed by atoms with Crippen molar-refractivity contribution in [3.8, 4) is 5.75 Å². The van der Waals surface area contributed by atoms with Gasteiger partial charge in [-0.25, -0.2) is 4.98 Å². The van der Waals surface area contributed by atoms with Gasteiger partial charge in [0.1, 0.15) is 18.2 Å². The van der Waals surface area contributed by atoms with E-state index in [1.165, 1.54) is 5.56 Å². The Bertz CT molecular complexity index is 581. The van der Waals surface area contributed by atoms with Gasteiger partial charge in [0.15, 0.2) is 0 Å². The van der Waals surface area contributed by atoms with Crippen molar-refractivity contribution in [1.82, 2.24) is 4.98 Å². The van der Waals surface area contributed by atoms with E-state index in [1.54, 1.807) is 13.1 Å². The number of aromatic nitrogens is 1. The Labute approximate surface area is 118 Å². The van der Waals surface area contributed by atoms with E-state index < -0.39 is 6.10 Å². The van der Waals surface area contributed by atoms with Crippen LogP contribution in [-0.2, 0) is 6.54 Å². The molecule has 0 spiro atoms. The van der Waals surface area contributed by atoms with Crippen molar-refractivity contribution in [3.63, 3.8) is 0 Å². The normalized spacial score (nSPS) is 16.0. The van der Waals surface area contributed by atoms with Crippen LogP contribution < -0.4 is 9.64 Å². The summed E-state index contributed by atoms with van der Waals surface area (Å²) in [6.07, 6.45) is 1.25. The highest BCUT2D eigenvalue weighted by Crippen LogP contribution is 2.25. The summed E-state index contributed by atoms with van der Waals surface area (Å²) in [7, 11) is 0. The summed E-state index contributed by atoms with van der Waals surface area (Å²) in [5.41, 5.74) is 2.01. The summed E-state index contributed by atoms with van der Waals surface area (Å²) in [6.45, 7) is 3.98. The summed E-state index contributed by atoms with van der Waals surface area (Å²) >= 11 is 0. The Kier molecular flexibility index (Phi) is 3.56. The van der Waals surface area contributed by atoms with Crippen molar-refractivity contribution in [2.45, 2.75) is 19.6 Å². The molecule has 1 aromatic carbocycles. The molecular formula is C16H18N2O2. The monoisotopic (exact) mass is 270 g/mol. The number of anilines is 1. The van der Waals surface area contributed by atoms with Crippen molar-refractivity contribution >= 4 is 5.82 Å². The second-order valence-electron chi connectivity index (χ2n) is 5.00. The predicted molar refractivity (Wildman–Crippen MR) is 77.9 cm³/mol. The Morgan fingerprint density at radius 3 is 2.85 bits per heavy atom. The van der Waals surface area contributed by atoms with Crippen LogP contribution in [0.4, 0.5) is 5.82 Å². The zero-order valence-electron chi connectivity index (χ0n) is 11.5. The van der Waals surface area contributed by atoms with Crippen LogP contribution in [0.25, 0.3) is 0 Å². The molecule has 1 N–H and O–H groups in total. The van der Waals surface area contributed by atoms with Crippen LogP contribution in [0.2, 0.25) is 0 Å². The fourth-order valence-corrected chi connectivity index (χ4v) is 2.35. The first-order valence-corrected chi connectivity index (χ1v) is 6.84. The number of ether oxygens (including phenoxy) is 1. The van der Waals surface area contributed by atoms with Crippen LogP contribution in [-0.4, -0.2) is 23.2 Å². The van der Waals surface area contributed by atoms with E-state index in [2.05, 4.69) is 16.0 Å². The van der Waals surface area contributed by atoms with E-state index >= 15 is 0 Å². The molecular weight excluding hydrogens is 252 g/mol. The molecule has 0 amide bonds. The highest BCUT2D eigenvalue weighted by molar-refractivity contribution is 5.44. The van der Waals surface area contributed by atoms with Crippen LogP contribution in [0.15, 0.2) is 42.6 Å². The fourth-order valence-electron chi connectivity index (χ4n) is 2.35. The first kappa shape index (κ1) is 12.9. The topological polar surface area (TPSA) is 45.6 Å². The molecule has 0 saturated carbocycles. The largest absolute Gasteiger partial charge is 0.491 e. The van der Waals surface area contributed by atoms with Gasteiger partial charge in [-0.3, -0.25) is 0 Å². The number of pyridine rings is 1. The van der Waals surface area contributed by atoms with E-state index in [4.69, 9.17) is 4.74 Å². The molecule has 2 aromatic rings. The Morgan fingerprint density at radius 2 is 2.10 bits per heavy atom. The van der Waals surface area contributed by atoms with Gasteiger partial charge in [0.05, 0.1) is 12.6 Å². The number of aliphatic hydroxyl groups excluding tert-OH is 1. The van der Waals surface area contributed by atoms with Gasteiger partial charge in [0.25, 0.3) is 0 Å². The smallest absolute Gasteiger partial charge is 0.128 e. The third-order valence-electron chi connectivity index (χ3n) is 3.53. The minimum Gasteiger partial charge on any atom is -0.491 e. The summed E-state index contributed by atoms with van der Waals surface area (Å²) in [4.78, 5) is 6.64. The van der Waals surface area contributed by atoms with E-state index in [0.29, 0.717) is 6.61 Å². The lowest BCUT2D eigenvalue weighted by Crippen LogP contribution is -2.26. The standard InChI is InChI=1S/C16H18N2O2/c1-12(19)13-6-7-16(17-10-13)18-8-9-20-15-5-3-2-4-14(15)11-18/h2-7,10,12,19H,8-9,11H2,1H3/t12-/m0/s1. The van der Waals surface area contributed by atoms with Crippen molar-refractivity contribution in [1.29, 1.82) is 0 Å². The van der Waals surface area contributed by atoms with Crippen molar-refractivity contribution in [3.05, 3.63) is 53.7 Å². The molecule has 0 aliphatic carbocycles. The number of rotatable bonds is 2. The molecule has 1 aromatic heterocycles. The van der Waals surface area contributed by atoms with Crippen LogP contribution in [0.3, 0.4) is 0 Å². The number of fused-ring (bicyclic) bond motifs is 1. The molecule has 0 fully saturated rings. The maximum atomic E-state index is 9.53. The van der Waals surface area contributed by atoms with E-state index in [9.17, 15) is 5.11 Å². The Hall–Kier alpha value is -2.07. The first-order valence-electron chi connectivity index (χ1n) is 6.84. The van der Waals surface area contributed by atoms with Gasteiger partial charge in [0, 0.05) is 18.3 Å². The van der Waals surface area contributed by atoms with Gasteiger partial charge in [-0.1, -0.05) is 24.3 Å².